The van der Waals surface area contributed by atoms with Crippen molar-refractivity contribution < 1.29 is 4.39 Å². The topological polar surface area (TPSA) is 21.1 Å². The van der Waals surface area contributed by atoms with Gasteiger partial charge in [0.15, 0.2) is 0 Å². The quantitative estimate of drug-likeness (QED) is 0.836. The predicted octanol–water partition coefficient (Wildman–Crippen LogP) is 2.78. The Labute approximate surface area is 115 Å². The number of likely N-dealkylation sites (tertiary alicyclic amines) is 1. The molecule has 2 heterocycles. The van der Waals surface area contributed by atoms with Gasteiger partial charge in [0.05, 0.1) is 5.69 Å². The lowest BCUT2D eigenvalue weighted by atomic mass is 9.91. The molecule has 0 radical (unpaired) electrons. The van der Waals surface area contributed by atoms with Crippen LogP contribution in [-0.4, -0.2) is 41.0 Å². The maximum absolute atomic E-state index is 12.4. The lowest BCUT2D eigenvalue weighted by molar-refractivity contribution is 0.280. The summed E-state index contributed by atoms with van der Waals surface area (Å²) in [6, 6.07) is 2.19. The van der Waals surface area contributed by atoms with Crippen LogP contribution in [0.5, 0.6) is 0 Å². The fourth-order valence-corrected chi connectivity index (χ4v) is 2.92. The molecule has 108 valence electrons. The average Bonchev–Trinajstić information content (AvgIpc) is 2.86. The standard InChI is InChI=1S/C15H26FN3/c1-12-9-14(15(2,3)4)19(17-12)11-13-5-7-18(10-13)8-6-16/h9,13H,5-8,10-11H2,1-4H3. The molecule has 3 nitrogen and oxygen atoms in total. The Morgan fingerprint density at radius 3 is 2.79 bits per heavy atom. The normalized spacial score (nSPS) is 21.2. The third kappa shape index (κ3) is 3.56. The Kier molecular flexibility index (Phi) is 4.29. The van der Waals surface area contributed by atoms with E-state index in [1.165, 1.54) is 5.69 Å². The van der Waals surface area contributed by atoms with Crippen molar-refractivity contribution in [3.63, 3.8) is 0 Å². The van der Waals surface area contributed by atoms with Crippen molar-refractivity contribution in [2.45, 2.75) is 46.1 Å². The average molecular weight is 267 g/mol. The summed E-state index contributed by atoms with van der Waals surface area (Å²) in [6.07, 6.45) is 1.16. The molecule has 4 heteroatoms. The second kappa shape index (κ2) is 5.61. The third-order valence-corrected chi connectivity index (χ3v) is 3.87. The number of hydrogen-bond donors (Lipinski definition) is 0. The molecule has 1 aromatic heterocycles. The number of aromatic nitrogens is 2. The number of nitrogens with zero attached hydrogens (tertiary/aromatic N) is 3. The fourth-order valence-electron chi connectivity index (χ4n) is 2.92. The van der Waals surface area contributed by atoms with Gasteiger partial charge in [-0.3, -0.25) is 4.68 Å². The van der Waals surface area contributed by atoms with Crippen molar-refractivity contribution >= 4 is 0 Å². The van der Waals surface area contributed by atoms with Crippen LogP contribution in [0.2, 0.25) is 0 Å². The van der Waals surface area contributed by atoms with Crippen LogP contribution < -0.4 is 0 Å². The fraction of sp³-hybridized carbons (Fsp3) is 0.800. The molecule has 0 amide bonds. The van der Waals surface area contributed by atoms with Gasteiger partial charge in [0, 0.05) is 30.7 Å². The molecule has 1 unspecified atom stereocenters. The van der Waals surface area contributed by atoms with Gasteiger partial charge in [-0.25, -0.2) is 4.39 Å². The summed E-state index contributed by atoms with van der Waals surface area (Å²) in [5.41, 5.74) is 2.51. The van der Waals surface area contributed by atoms with Gasteiger partial charge >= 0.3 is 0 Å². The number of rotatable bonds is 4. The molecule has 0 N–H and O–H groups in total. The van der Waals surface area contributed by atoms with Crippen molar-refractivity contribution in [2.75, 3.05) is 26.3 Å². The van der Waals surface area contributed by atoms with Gasteiger partial charge in [-0.05, 0) is 31.9 Å². The smallest absolute Gasteiger partial charge is 0.102 e. The molecule has 19 heavy (non-hydrogen) atoms. The van der Waals surface area contributed by atoms with Crippen LogP contribution in [0.3, 0.4) is 0 Å². The summed E-state index contributed by atoms with van der Waals surface area (Å²) in [5, 5.41) is 4.64. The summed E-state index contributed by atoms with van der Waals surface area (Å²) in [6.45, 7) is 12.1. The highest BCUT2D eigenvalue weighted by atomic mass is 19.1. The lowest BCUT2D eigenvalue weighted by Gasteiger charge is -2.22. The zero-order valence-corrected chi connectivity index (χ0v) is 12.6. The zero-order chi connectivity index (χ0) is 14.0. The first-order chi connectivity index (χ1) is 8.90. The van der Waals surface area contributed by atoms with E-state index in [-0.39, 0.29) is 12.1 Å². The second-order valence-corrected chi connectivity index (χ2v) is 6.75. The van der Waals surface area contributed by atoms with Gasteiger partial charge in [-0.1, -0.05) is 20.8 Å². The molecule has 1 fully saturated rings. The molecule has 2 rings (SSSR count). The minimum Gasteiger partial charge on any atom is -0.300 e. The van der Waals surface area contributed by atoms with Crippen LogP contribution in [0.25, 0.3) is 0 Å². The number of aryl methyl sites for hydroxylation is 1. The lowest BCUT2D eigenvalue weighted by Crippen LogP contribution is -2.26. The molecule has 1 saturated heterocycles. The first-order valence-electron chi connectivity index (χ1n) is 7.23. The van der Waals surface area contributed by atoms with Crippen LogP contribution in [-0.2, 0) is 12.0 Å². The molecule has 1 aliphatic heterocycles. The van der Waals surface area contributed by atoms with E-state index in [9.17, 15) is 4.39 Å². The molecule has 0 aromatic carbocycles. The minimum absolute atomic E-state index is 0.124. The molecule has 1 aliphatic rings. The van der Waals surface area contributed by atoms with E-state index in [1.807, 2.05) is 0 Å². The number of hydrogen-bond acceptors (Lipinski definition) is 2. The molecule has 0 aliphatic carbocycles. The van der Waals surface area contributed by atoms with Crippen molar-refractivity contribution in [3.05, 3.63) is 17.5 Å². The van der Waals surface area contributed by atoms with Crippen LogP contribution in [0.15, 0.2) is 6.07 Å². The van der Waals surface area contributed by atoms with Crippen LogP contribution in [0.4, 0.5) is 4.39 Å². The first-order valence-corrected chi connectivity index (χ1v) is 7.23. The maximum atomic E-state index is 12.4. The van der Waals surface area contributed by atoms with Gasteiger partial charge in [0.2, 0.25) is 0 Å². The van der Waals surface area contributed by atoms with E-state index in [0.29, 0.717) is 12.5 Å². The first kappa shape index (κ1) is 14.5. The van der Waals surface area contributed by atoms with E-state index < -0.39 is 0 Å². The Morgan fingerprint density at radius 2 is 2.16 bits per heavy atom. The Bertz CT molecular complexity index is 420. The largest absolute Gasteiger partial charge is 0.300 e. The zero-order valence-electron chi connectivity index (χ0n) is 12.6. The van der Waals surface area contributed by atoms with Crippen molar-refractivity contribution in [3.8, 4) is 0 Å². The molecule has 1 aromatic rings. The van der Waals surface area contributed by atoms with Crippen LogP contribution in [0, 0.1) is 12.8 Å². The molecular formula is C15H26FN3. The Morgan fingerprint density at radius 1 is 1.42 bits per heavy atom. The Hall–Kier alpha value is -0.900. The van der Waals surface area contributed by atoms with E-state index in [1.54, 1.807) is 0 Å². The van der Waals surface area contributed by atoms with Crippen LogP contribution >= 0.6 is 0 Å². The minimum atomic E-state index is -0.235. The van der Waals surface area contributed by atoms with Gasteiger partial charge < -0.3 is 4.90 Å². The predicted molar refractivity (Wildman–Crippen MR) is 76.2 cm³/mol. The third-order valence-electron chi connectivity index (χ3n) is 3.87. The van der Waals surface area contributed by atoms with Crippen molar-refractivity contribution in [2.24, 2.45) is 5.92 Å². The molecular weight excluding hydrogens is 241 g/mol. The number of alkyl halides is 1. The van der Waals surface area contributed by atoms with Gasteiger partial charge in [-0.2, -0.15) is 5.10 Å². The highest BCUT2D eigenvalue weighted by Gasteiger charge is 2.26. The SMILES string of the molecule is Cc1cc(C(C)(C)C)n(CC2CCN(CCF)C2)n1. The van der Waals surface area contributed by atoms with Crippen LogP contribution in [0.1, 0.15) is 38.6 Å². The summed E-state index contributed by atoms with van der Waals surface area (Å²) >= 11 is 0. The summed E-state index contributed by atoms with van der Waals surface area (Å²) in [7, 11) is 0. The molecule has 0 bridgehead atoms. The maximum Gasteiger partial charge on any atom is 0.102 e. The molecule has 0 spiro atoms. The van der Waals surface area contributed by atoms with E-state index in [0.717, 1.165) is 31.7 Å². The highest BCUT2D eigenvalue weighted by Crippen LogP contribution is 2.25. The van der Waals surface area contributed by atoms with E-state index >= 15 is 0 Å². The highest BCUT2D eigenvalue weighted by molar-refractivity contribution is 5.17. The van der Waals surface area contributed by atoms with Crippen molar-refractivity contribution in [1.82, 2.24) is 14.7 Å². The summed E-state index contributed by atoms with van der Waals surface area (Å²) in [4.78, 5) is 2.22. The monoisotopic (exact) mass is 267 g/mol. The molecule has 0 saturated carbocycles. The van der Waals surface area contributed by atoms with Gasteiger partial charge in [0.1, 0.15) is 6.67 Å². The van der Waals surface area contributed by atoms with E-state index in [4.69, 9.17) is 0 Å². The Balaban J connectivity index is 2.04. The second-order valence-electron chi connectivity index (χ2n) is 6.75. The summed E-state index contributed by atoms with van der Waals surface area (Å²) in [5.74, 6) is 0.604. The summed E-state index contributed by atoms with van der Waals surface area (Å²) < 4.78 is 14.5. The van der Waals surface area contributed by atoms with Gasteiger partial charge in [-0.15, -0.1) is 0 Å². The van der Waals surface area contributed by atoms with Gasteiger partial charge in [0.25, 0.3) is 0 Å². The number of halogens is 1. The van der Waals surface area contributed by atoms with E-state index in [2.05, 4.69) is 48.4 Å². The van der Waals surface area contributed by atoms with Crippen molar-refractivity contribution in [1.29, 1.82) is 0 Å². The molecule has 1 atom stereocenters.